The molecule has 19 heteroatoms. The molecule has 0 bridgehead atoms. The van der Waals surface area contributed by atoms with E-state index in [0.29, 0.717) is 25.7 Å². The third kappa shape index (κ3) is 74.5. The van der Waals surface area contributed by atoms with E-state index < -0.39 is 97.5 Å². The van der Waals surface area contributed by atoms with E-state index in [0.717, 1.165) is 161 Å². The number of unbranched alkanes of at least 4 members (excludes halogenated alkanes) is 37. The summed E-state index contributed by atoms with van der Waals surface area (Å²) in [4.78, 5) is 73.0. The topological polar surface area (TPSA) is 237 Å². The van der Waals surface area contributed by atoms with Gasteiger partial charge in [0, 0.05) is 25.7 Å². The number of hydrogen-bond acceptors (Lipinski definition) is 15. The first-order valence-corrected chi connectivity index (χ1v) is 43.8. The molecule has 102 heavy (non-hydrogen) atoms. The van der Waals surface area contributed by atoms with Crippen LogP contribution in [0.2, 0.25) is 0 Å². The number of allylic oxidation sites excluding steroid dienone is 14. The normalized spacial score (nSPS) is 14.3. The van der Waals surface area contributed by atoms with Crippen LogP contribution < -0.4 is 0 Å². The van der Waals surface area contributed by atoms with Gasteiger partial charge in [0.15, 0.2) is 12.2 Å². The lowest BCUT2D eigenvalue weighted by molar-refractivity contribution is -0.161. The van der Waals surface area contributed by atoms with Gasteiger partial charge in [0.25, 0.3) is 0 Å². The molecule has 3 N–H and O–H groups in total. The van der Waals surface area contributed by atoms with E-state index in [4.69, 9.17) is 37.0 Å². The van der Waals surface area contributed by atoms with Crippen molar-refractivity contribution in [2.45, 2.75) is 380 Å². The summed E-state index contributed by atoms with van der Waals surface area (Å²) in [5, 5.41) is 10.6. The Balaban J connectivity index is 5.33. The van der Waals surface area contributed by atoms with E-state index in [1.807, 2.05) is 0 Å². The number of rotatable bonds is 77. The quantitative estimate of drug-likeness (QED) is 0.0169. The number of esters is 4. The van der Waals surface area contributed by atoms with E-state index >= 15 is 0 Å². The highest BCUT2D eigenvalue weighted by Gasteiger charge is 2.30. The second-order valence-electron chi connectivity index (χ2n) is 27.3. The zero-order valence-electron chi connectivity index (χ0n) is 64.8. The van der Waals surface area contributed by atoms with Crippen LogP contribution >= 0.6 is 15.6 Å². The Bertz CT molecular complexity index is 2260. The lowest BCUT2D eigenvalue weighted by Crippen LogP contribution is -2.30. The molecule has 0 aliphatic heterocycles. The first-order chi connectivity index (χ1) is 49.7. The van der Waals surface area contributed by atoms with Crippen LogP contribution in [0.4, 0.5) is 0 Å². The molecule has 0 aromatic rings. The van der Waals surface area contributed by atoms with Crippen molar-refractivity contribution in [2.75, 3.05) is 39.6 Å². The van der Waals surface area contributed by atoms with Crippen LogP contribution in [0.1, 0.15) is 362 Å². The van der Waals surface area contributed by atoms with Crippen molar-refractivity contribution in [3.63, 3.8) is 0 Å². The molecule has 0 aliphatic carbocycles. The molecule has 0 spiro atoms. The summed E-state index contributed by atoms with van der Waals surface area (Å²) < 4.78 is 68.7. The Morgan fingerprint density at radius 2 is 0.510 bits per heavy atom. The fraction of sp³-hybridized carbons (Fsp3) is 0.783. The molecule has 0 rings (SSSR count). The molecule has 5 unspecified atom stereocenters. The zero-order chi connectivity index (χ0) is 74.6. The summed E-state index contributed by atoms with van der Waals surface area (Å²) in [5.74, 6) is -2.18. The molecule has 5 atom stereocenters. The molecule has 0 saturated carbocycles. The SMILES string of the molecule is CC/C=C\C/C=C\C/C=C\C/C=C\CCCCCCCCC(=O)OCC(COP(=O)(O)OCC(O)COP(=O)(O)OCC(COC(=O)CCCCCCCCCCCCCCCCC)OC(=O)CCCCCCCCCCCCCCC)OC(=O)CCCCCCC/C=C\C/C=C\C/C=C\CC. The predicted molar refractivity (Wildman–Crippen MR) is 418 cm³/mol. The molecular formula is C83H148O17P2. The molecule has 0 aromatic heterocycles. The van der Waals surface area contributed by atoms with E-state index in [9.17, 15) is 43.2 Å². The number of hydrogen-bond donors (Lipinski definition) is 3. The molecule has 0 aliphatic rings. The number of carbonyl (C=O) groups is 4. The van der Waals surface area contributed by atoms with Crippen molar-refractivity contribution >= 4 is 39.5 Å². The number of phosphoric ester groups is 2. The molecule has 0 radical (unpaired) electrons. The second kappa shape index (κ2) is 75.5. The van der Waals surface area contributed by atoms with Gasteiger partial charge >= 0.3 is 39.5 Å². The highest BCUT2D eigenvalue weighted by atomic mass is 31.2. The van der Waals surface area contributed by atoms with Crippen LogP contribution in [-0.2, 0) is 65.4 Å². The third-order valence-electron chi connectivity index (χ3n) is 17.4. The molecule has 17 nitrogen and oxygen atoms in total. The minimum Gasteiger partial charge on any atom is -0.462 e. The standard InChI is InChI=1S/C83H148O17P2/c1-5-9-13-17-21-25-29-33-36-37-38-39-42-45-48-52-56-60-64-68-81(86)94-74-79(100-83(88)70-66-62-58-54-50-46-41-35-31-27-23-19-15-11-7-3)76-98-102(91,92)96-72-77(84)71-95-101(89,90)97-75-78(99-82(87)69-65-61-57-53-49-43-32-28-24-20-16-12-8-4)73-93-80(85)67-63-59-55-51-47-44-40-34-30-26-22-18-14-10-6-2/h9,11,13,15,21,23,25,27,33,35-36,38-39,41,77-79,84H,5-8,10,12,14,16-20,22,24,26,28-32,34,37,40,42-76H2,1-4H3,(H,89,90)(H,91,92)/b13-9-,15-11-,25-21-,27-23-,36-33-,39-38-,41-35-. The van der Waals surface area contributed by atoms with E-state index in [1.165, 1.54) is 122 Å². The van der Waals surface area contributed by atoms with Crippen LogP contribution in [0.15, 0.2) is 85.1 Å². The van der Waals surface area contributed by atoms with E-state index in [2.05, 4.69) is 113 Å². The molecule has 0 fully saturated rings. The maximum atomic E-state index is 13.1. The van der Waals surface area contributed by atoms with Crippen molar-refractivity contribution in [2.24, 2.45) is 0 Å². The van der Waals surface area contributed by atoms with Crippen molar-refractivity contribution in [1.29, 1.82) is 0 Å². The lowest BCUT2D eigenvalue weighted by atomic mass is 10.0. The van der Waals surface area contributed by atoms with Gasteiger partial charge in [0.05, 0.1) is 26.4 Å². The van der Waals surface area contributed by atoms with Gasteiger partial charge in [-0.05, 0) is 96.3 Å². The fourth-order valence-corrected chi connectivity index (χ4v) is 12.8. The Kier molecular flexibility index (Phi) is 72.7. The van der Waals surface area contributed by atoms with Crippen molar-refractivity contribution in [1.82, 2.24) is 0 Å². The monoisotopic (exact) mass is 1480 g/mol. The Morgan fingerprint density at radius 3 is 0.784 bits per heavy atom. The van der Waals surface area contributed by atoms with Crippen LogP contribution in [-0.4, -0.2) is 96.7 Å². The van der Waals surface area contributed by atoms with Crippen molar-refractivity contribution in [3.8, 4) is 0 Å². The molecular weight excluding hydrogens is 1330 g/mol. The van der Waals surface area contributed by atoms with Gasteiger partial charge in [-0.15, -0.1) is 0 Å². The van der Waals surface area contributed by atoms with Gasteiger partial charge in [0.1, 0.15) is 19.3 Å². The first-order valence-electron chi connectivity index (χ1n) is 40.8. The van der Waals surface area contributed by atoms with Crippen LogP contribution in [0.5, 0.6) is 0 Å². The number of carbonyl (C=O) groups excluding carboxylic acids is 4. The van der Waals surface area contributed by atoms with Crippen molar-refractivity contribution in [3.05, 3.63) is 85.1 Å². The maximum absolute atomic E-state index is 13.1. The number of aliphatic hydroxyl groups excluding tert-OH is 1. The summed E-state index contributed by atoms with van der Waals surface area (Å²) in [6.45, 7) is 4.69. The number of phosphoric acid groups is 2. The van der Waals surface area contributed by atoms with Crippen LogP contribution in [0.25, 0.3) is 0 Å². The van der Waals surface area contributed by atoms with Gasteiger partial charge in [-0.2, -0.15) is 0 Å². The highest BCUT2D eigenvalue weighted by Crippen LogP contribution is 2.45. The fourth-order valence-electron chi connectivity index (χ4n) is 11.2. The van der Waals surface area contributed by atoms with Gasteiger partial charge < -0.3 is 33.8 Å². The van der Waals surface area contributed by atoms with Gasteiger partial charge in [-0.25, -0.2) is 9.13 Å². The van der Waals surface area contributed by atoms with Crippen LogP contribution in [0.3, 0.4) is 0 Å². The van der Waals surface area contributed by atoms with Gasteiger partial charge in [0.2, 0.25) is 0 Å². The molecule has 0 amide bonds. The molecule has 0 aromatic carbocycles. The first kappa shape index (κ1) is 98.2. The Morgan fingerprint density at radius 1 is 0.284 bits per heavy atom. The largest absolute Gasteiger partial charge is 0.472 e. The highest BCUT2D eigenvalue weighted by molar-refractivity contribution is 7.47. The van der Waals surface area contributed by atoms with Crippen molar-refractivity contribution < 1.29 is 80.2 Å². The van der Waals surface area contributed by atoms with E-state index in [-0.39, 0.29) is 25.7 Å². The van der Waals surface area contributed by atoms with Gasteiger partial charge in [-0.3, -0.25) is 37.3 Å². The third-order valence-corrected chi connectivity index (χ3v) is 19.3. The average Bonchev–Trinajstić information content (AvgIpc) is 0.924. The second-order valence-corrected chi connectivity index (χ2v) is 30.2. The minimum absolute atomic E-state index is 0.0733. The minimum atomic E-state index is -4.98. The lowest BCUT2D eigenvalue weighted by Gasteiger charge is -2.21. The van der Waals surface area contributed by atoms with Crippen LogP contribution in [0, 0.1) is 0 Å². The maximum Gasteiger partial charge on any atom is 0.472 e. The number of aliphatic hydroxyl groups is 1. The summed E-state index contributed by atoms with van der Waals surface area (Å²) in [6, 6.07) is 0. The molecule has 0 heterocycles. The summed E-state index contributed by atoms with van der Waals surface area (Å²) in [6.07, 6.45) is 78.4. The zero-order valence-corrected chi connectivity index (χ0v) is 66.6. The molecule has 0 saturated heterocycles. The summed E-state index contributed by atoms with van der Waals surface area (Å²) in [5.41, 5.74) is 0. The van der Waals surface area contributed by atoms with E-state index in [1.54, 1.807) is 0 Å². The Labute approximate surface area is 621 Å². The number of ether oxygens (including phenoxy) is 4. The average molecular weight is 1480 g/mol. The predicted octanol–water partition coefficient (Wildman–Crippen LogP) is 23.8. The van der Waals surface area contributed by atoms with Gasteiger partial charge in [-0.1, -0.05) is 325 Å². The summed E-state index contributed by atoms with van der Waals surface area (Å²) >= 11 is 0. The smallest absolute Gasteiger partial charge is 0.462 e. The molecule has 592 valence electrons. The summed E-state index contributed by atoms with van der Waals surface area (Å²) in [7, 11) is -9.95. The Hall–Kier alpha value is -3.76.